The number of anilines is 1. The molecule has 0 spiro atoms. The predicted molar refractivity (Wildman–Crippen MR) is 94.2 cm³/mol. The van der Waals surface area contributed by atoms with Gasteiger partial charge in [0.15, 0.2) is 5.78 Å². The van der Waals surface area contributed by atoms with E-state index in [0.717, 1.165) is 5.56 Å². The van der Waals surface area contributed by atoms with Gasteiger partial charge in [-0.25, -0.2) is 4.98 Å². The summed E-state index contributed by atoms with van der Waals surface area (Å²) in [5.41, 5.74) is 2.45. The van der Waals surface area contributed by atoms with Crippen LogP contribution < -0.4 is 10.1 Å². The number of aromatic amines is 1. The second-order valence-corrected chi connectivity index (χ2v) is 5.61. The molecule has 0 bridgehead atoms. The van der Waals surface area contributed by atoms with Crippen molar-refractivity contribution in [3.05, 3.63) is 71.7 Å². The summed E-state index contributed by atoms with van der Waals surface area (Å²) in [5.74, 6) is 0.676. The molecule has 0 saturated heterocycles. The number of pyridine rings is 1. The number of ether oxygens (including phenoxy) is 1. The molecule has 2 aromatic heterocycles. The Balaban J connectivity index is 1.64. The Morgan fingerprint density at radius 3 is 2.48 bits per heavy atom. The Bertz CT molecular complexity index is 896. The van der Waals surface area contributed by atoms with Crippen molar-refractivity contribution in [1.29, 1.82) is 0 Å². The maximum absolute atomic E-state index is 12.1. The van der Waals surface area contributed by atoms with Gasteiger partial charge >= 0.3 is 0 Å². The molecule has 1 amide bonds. The van der Waals surface area contributed by atoms with Crippen LogP contribution in [0, 0.1) is 6.92 Å². The molecule has 0 aliphatic rings. The fraction of sp³-hybridized carbons (Fsp3) is 0.105. The van der Waals surface area contributed by atoms with Crippen molar-refractivity contribution in [2.75, 3.05) is 5.32 Å². The minimum Gasteiger partial charge on any atom is -0.439 e. The van der Waals surface area contributed by atoms with Gasteiger partial charge in [0.25, 0.3) is 5.91 Å². The summed E-state index contributed by atoms with van der Waals surface area (Å²) in [7, 11) is 0. The molecule has 3 aromatic rings. The van der Waals surface area contributed by atoms with E-state index in [1.807, 2.05) is 31.2 Å². The van der Waals surface area contributed by atoms with Crippen molar-refractivity contribution < 1.29 is 14.3 Å². The zero-order chi connectivity index (χ0) is 17.8. The van der Waals surface area contributed by atoms with E-state index in [-0.39, 0.29) is 11.7 Å². The molecule has 25 heavy (non-hydrogen) atoms. The molecule has 1 aromatic carbocycles. The van der Waals surface area contributed by atoms with Crippen LogP contribution in [0.4, 0.5) is 5.69 Å². The summed E-state index contributed by atoms with van der Waals surface area (Å²) in [6, 6.07) is 12.5. The van der Waals surface area contributed by atoms with Crippen molar-refractivity contribution >= 4 is 17.4 Å². The summed E-state index contributed by atoms with van der Waals surface area (Å²) >= 11 is 0. The predicted octanol–water partition coefficient (Wildman–Crippen LogP) is 3.97. The first-order valence-electron chi connectivity index (χ1n) is 7.72. The molecule has 0 unspecified atom stereocenters. The molecular formula is C19H17N3O3. The van der Waals surface area contributed by atoms with E-state index < -0.39 is 0 Å². The second kappa shape index (κ2) is 7.00. The highest BCUT2D eigenvalue weighted by Crippen LogP contribution is 2.21. The number of H-pyrrole nitrogens is 1. The van der Waals surface area contributed by atoms with E-state index in [2.05, 4.69) is 15.3 Å². The molecule has 0 fully saturated rings. The third kappa shape index (κ3) is 4.11. The Labute approximate surface area is 144 Å². The molecule has 2 heterocycles. The lowest BCUT2D eigenvalue weighted by Crippen LogP contribution is -2.12. The number of rotatable bonds is 5. The Morgan fingerprint density at radius 2 is 1.88 bits per heavy atom. The monoisotopic (exact) mass is 335 g/mol. The van der Waals surface area contributed by atoms with Gasteiger partial charge in [0.1, 0.15) is 11.4 Å². The summed E-state index contributed by atoms with van der Waals surface area (Å²) in [6.45, 7) is 3.45. The highest BCUT2D eigenvalue weighted by Gasteiger charge is 2.11. The number of aromatic nitrogens is 2. The molecule has 0 radical (unpaired) electrons. The highest BCUT2D eigenvalue weighted by atomic mass is 16.5. The first kappa shape index (κ1) is 16.4. The van der Waals surface area contributed by atoms with E-state index in [1.165, 1.54) is 25.4 Å². The maximum Gasteiger partial charge on any atom is 0.272 e. The van der Waals surface area contributed by atoms with Crippen LogP contribution in [0.15, 0.2) is 54.9 Å². The number of aryl methyl sites for hydroxylation is 1. The van der Waals surface area contributed by atoms with Crippen LogP contribution in [0.25, 0.3) is 0 Å². The number of hydrogen-bond acceptors (Lipinski definition) is 4. The van der Waals surface area contributed by atoms with Gasteiger partial charge in [-0.15, -0.1) is 0 Å². The van der Waals surface area contributed by atoms with Crippen molar-refractivity contribution in [2.45, 2.75) is 13.8 Å². The molecular weight excluding hydrogens is 318 g/mol. The average Bonchev–Trinajstić information content (AvgIpc) is 3.09. The van der Waals surface area contributed by atoms with Gasteiger partial charge in [-0.05, 0) is 38.1 Å². The normalized spacial score (nSPS) is 10.3. The number of nitrogens with one attached hydrogen (secondary N) is 2. The largest absolute Gasteiger partial charge is 0.439 e. The second-order valence-electron chi connectivity index (χ2n) is 5.61. The van der Waals surface area contributed by atoms with Crippen molar-refractivity contribution in [3.63, 3.8) is 0 Å². The van der Waals surface area contributed by atoms with E-state index in [4.69, 9.17) is 4.74 Å². The standard InChI is InChI=1S/C19H17N3O3/c1-12-3-6-16(7-4-12)25-18-8-5-15(11-21-18)22-19(24)17-9-14(10-20-17)13(2)23/h3-11,20H,1-2H3,(H,22,24). The van der Waals surface area contributed by atoms with Gasteiger partial charge < -0.3 is 15.0 Å². The SMILES string of the molecule is CC(=O)c1c[nH]c(C(=O)Nc2ccc(Oc3ccc(C)cc3)nc2)c1. The van der Waals surface area contributed by atoms with Crippen molar-refractivity contribution in [3.8, 4) is 11.6 Å². The van der Waals surface area contributed by atoms with Crippen LogP contribution in [0.2, 0.25) is 0 Å². The number of amides is 1. The molecule has 0 saturated carbocycles. The first-order valence-corrected chi connectivity index (χ1v) is 7.72. The summed E-state index contributed by atoms with van der Waals surface area (Å²) in [5, 5.41) is 2.71. The average molecular weight is 335 g/mol. The Kier molecular flexibility index (Phi) is 4.61. The van der Waals surface area contributed by atoms with Gasteiger partial charge in [-0.1, -0.05) is 17.7 Å². The number of benzene rings is 1. The zero-order valence-corrected chi connectivity index (χ0v) is 13.9. The smallest absolute Gasteiger partial charge is 0.272 e. The van der Waals surface area contributed by atoms with Gasteiger partial charge in [0.05, 0.1) is 11.9 Å². The van der Waals surface area contributed by atoms with Crippen LogP contribution in [0.1, 0.15) is 33.3 Å². The molecule has 3 rings (SSSR count). The zero-order valence-electron chi connectivity index (χ0n) is 13.9. The van der Waals surface area contributed by atoms with Crippen LogP contribution in [-0.2, 0) is 0 Å². The highest BCUT2D eigenvalue weighted by molar-refractivity contribution is 6.05. The van der Waals surface area contributed by atoms with Crippen molar-refractivity contribution in [1.82, 2.24) is 9.97 Å². The fourth-order valence-corrected chi connectivity index (χ4v) is 2.17. The molecule has 2 N–H and O–H groups in total. The molecule has 0 atom stereocenters. The molecule has 0 aliphatic heterocycles. The van der Waals surface area contributed by atoms with Gasteiger partial charge in [0, 0.05) is 17.8 Å². The van der Waals surface area contributed by atoms with E-state index in [9.17, 15) is 9.59 Å². The quantitative estimate of drug-likeness (QED) is 0.691. The molecule has 0 aliphatic carbocycles. The number of Topliss-reactive ketones (excluding diaryl/α,β-unsaturated/α-hetero) is 1. The van der Waals surface area contributed by atoms with Crippen LogP contribution in [0.5, 0.6) is 11.6 Å². The van der Waals surface area contributed by atoms with Crippen LogP contribution in [0.3, 0.4) is 0 Å². The number of carbonyl (C=O) groups is 2. The van der Waals surface area contributed by atoms with Gasteiger partial charge in [-0.2, -0.15) is 0 Å². The van der Waals surface area contributed by atoms with E-state index >= 15 is 0 Å². The lowest BCUT2D eigenvalue weighted by Gasteiger charge is -2.07. The van der Waals surface area contributed by atoms with Crippen molar-refractivity contribution in [2.24, 2.45) is 0 Å². The molecule has 126 valence electrons. The first-order chi connectivity index (χ1) is 12.0. The minimum atomic E-state index is -0.346. The fourth-order valence-electron chi connectivity index (χ4n) is 2.17. The summed E-state index contributed by atoms with van der Waals surface area (Å²) in [4.78, 5) is 30.4. The molecule has 6 nitrogen and oxygen atoms in total. The lowest BCUT2D eigenvalue weighted by atomic mass is 10.2. The third-order valence-electron chi connectivity index (χ3n) is 3.57. The summed E-state index contributed by atoms with van der Waals surface area (Å²) < 4.78 is 5.64. The maximum atomic E-state index is 12.1. The number of nitrogens with zero attached hydrogens (tertiary/aromatic N) is 1. The van der Waals surface area contributed by atoms with Crippen LogP contribution in [-0.4, -0.2) is 21.7 Å². The lowest BCUT2D eigenvalue weighted by molar-refractivity contribution is 0.101. The van der Waals surface area contributed by atoms with Gasteiger partial charge in [0.2, 0.25) is 5.88 Å². The topological polar surface area (TPSA) is 84.1 Å². The number of hydrogen-bond donors (Lipinski definition) is 2. The number of carbonyl (C=O) groups excluding carboxylic acids is 2. The van der Waals surface area contributed by atoms with Crippen LogP contribution >= 0.6 is 0 Å². The number of ketones is 1. The Hall–Kier alpha value is -3.41. The third-order valence-corrected chi connectivity index (χ3v) is 3.57. The van der Waals surface area contributed by atoms with Gasteiger partial charge in [-0.3, -0.25) is 9.59 Å². The minimum absolute atomic E-state index is 0.102. The molecule has 6 heteroatoms. The van der Waals surface area contributed by atoms with E-state index in [1.54, 1.807) is 12.1 Å². The van der Waals surface area contributed by atoms with E-state index in [0.29, 0.717) is 28.6 Å². The summed E-state index contributed by atoms with van der Waals surface area (Å²) in [6.07, 6.45) is 3.02. The Morgan fingerprint density at radius 1 is 1.12 bits per heavy atom.